The Morgan fingerprint density at radius 3 is 1.25 bits per heavy atom. The number of ether oxygens (including phenoxy) is 3. The van der Waals surface area contributed by atoms with Gasteiger partial charge in [0.1, 0.15) is 6.61 Å². The number of carbonyl (C=O) groups excluding carboxylic acids is 2. The first kappa shape index (κ1) is 61.0. The number of rotatable bonds is 44. The van der Waals surface area contributed by atoms with Crippen molar-refractivity contribution in [2.75, 3.05) is 41.0 Å². The SMILES string of the molecule is CC/C=C/C/C=C/C/C=C/C/C=C/C/C=C/C/C=C/CCCC(=O)OC(COCCC(C(=O)O)[N+](C)(C)C)COC(=O)CCCCCCCCCCCCC/C=C/C/C=C/C/C=C/CC. The standard InChI is InChI=1S/C57H93NO7/c1-6-8-10-12-14-16-18-20-22-24-26-28-30-31-33-35-37-39-41-43-45-47-55(59)64-52-53(51-63-50-49-54(57(61)62)58(3,4)5)65-56(60)48-46-44-42-40-38-36-34-32-29-27-25-23-21-19-17-15-13-11-9-7-2/h8-11,14-17,20-23,27,29,34,36,40,42,53-54H,6-7,12-13,18-19,24-26,28,30-33,35,37-39,41,43-52H2,1-5H3/p+1/b10-8+,11-9+,16-14+,17-15+,22-20+,23-21+,29-27+,36-34+,42-40+. The monoisotopic (exact) mass is 905 g/mol. The average molecular weight is 905 g/mol. The molecule has 0 saturated heterocycles. The number of aliphatic carboxylic acids is 1. The zero-order valence-electron chi connectivity index (χ0n) is 41.9. The van der Waals surface area contributed by atoms with Gasteiger partial charge in [-0.3, -0.25) is 9.59 Å². The second-order valence-electron chi connectivity index (χ2n) is 17.7. The van der Waals surface area contributed by atoms with Gasteiger partial charge >= 0.3 is 17.9 Å². The van der Waals surface area contributed by atoms with Crippen molar-refractivity contribution in [1.82, 2.24) is 0 Å². The average Bonchev–Trinajstić information content (AvgIpc) is 3.27. The van der Waals surface area contributed by atoms with E-state index in [1.54, 1.807) is 0 Å². The molecule has 0 aliphatic carbocycles. The van der Waals surface area contributed by atoms with Crippen molar-refractivity contribution in [2.45, 2.75) is 193 Å². The maximum absolute atomic E-state index is 12.8. The summed E-state index contributed by atoms with van der Waals surface area (Å²) in [5.41, 5.74) is 0. The van der Waals surface area contributed by atoms with Gasteiger partial charge in [0.25, 0.3) is 0 Å². The Morgan fingerprint density at radius 2 is 0.831 bits per heavy atom. The van der Waals surface area contributed by atoms with Crippen LogP contribution in [0, 0.1) is 0 Å². The fourth-order valence-electron chi connectivity index (χ4n) is 6.82. The molecule has 0 aliphatic rings. The van der Waals surface area contributed by atoms with Crippen LogP contribution in [0.15, 0.2) is 109 Å². The molecule has 0 bridgehead atoms. The second-order valence-corrected chi connectivity index (χ2v) is 17.7. The first-order chi connectivity index (χ1) is 31.6. The minimum Gasteiger partial charge on any atom is -0.477 e. The first-order valence-corrected chi connectivity index (χ1v) is 25.4. The Hall–Kier alpha value is -4.01. The number of allylic oxidation sites excluding steroid dienone is 18. The highest BCUT2D eigenvalue weighted by Gasteiger charge is 2.31. The van der Waals surface area contributed by atoms with E-state index in [2.05, 4.69) is 123 Å². The van der Waals surface area contributed by atoms with Gasteiger partial charge in [-0.05, 0) is 89.9 Å². The molecule has 0 rings (SSSR count). The predicted octanol–water partition coefficient (Wildman–Crippen LogP) is 14.8. The third-order valence-corrected chi connectivity index (χ3v) is 10.7. The number of carboxylic acid groups (broad SMARTS) is 1. The van der Waals surface area contributed by atoms with Crippen LogP contribution >= 0.6 is 0 Å². The minimum absolute atomic E-state index is 0.0306. The van der Waals surface area contributed by atoms with Gasteiger partial charge < -0.3 is 23.8 Å². The van der Waals surface area contributed by atoms with Crippen LogP contribution in [0.25, 0.3) is 0 Å². The lowest BCUT2D eigenvalue weighted by Gasteiger charge is -2.31. The van der Waals surface area contributed by atoms with Gasteiger partial charge in [-0.2, -0.15) is 0 Å². The molecule has 368 valence electrons. The highest BCUT2D eigenvalue weighted by molar-refractivity contribution is 5.72. The maximum atomic E-state index is 12.8. The van der Waals surface area contributed by atoms with Crippen molar-refractivity contribution in [3.8, 4) is 0 Å². The fourth-order valence-corrected chi connectivity index (χ4v) is 6.82. The summed E-state index contributed by atoms with van der Waals surface area (Å²) in [6.45, 7) is 4.44. The molecule has 0 fully saturated rings. The Morgan fingerprint density at radius 1 is 0.462 bits per heavy atom. The molecular weight excluding hydrogens is 811 g/mol. The smallest absolute Gasteiger partial charge is 0.362 e. The van der Waals surface area contributed by atoms with E-state index in [-0.39, 0.29) is 42.7 Å². The van der Waals surface area contributed by atoms with Crippen molar-refractivity contribution in [3.63, 3.8) is 0 Å². The van der Waals surface area contributed by atoms with Crippen LogP contribution < -0.4 is 0 Å². The van der Waals surface area contributed by atoms with Crippen LogP contribution in [-0.2, 0) is 28.6 Å². The van der Waals surface area contributed by atoms with Crippen molar-refractivity contribution in [2.24, 2.45) is 0 Å². The molecule has 2 unspecified atom stereocenters. The molecule has 2 atom stereocenters. The quantitative estimate of drug-likeness (QED) is 0.0281. The molecule has 0 aromatic rings. The third-order valence-electron chi connectivity index (χ3n) is 10.7. The Bertz CT molecular complexity index is 1420. The van der Waals surface area contributed by atoms with Crippen LogP contribution in [-0.4, -0.2) is 80.6 Å². The fraction of sp³-hybridized carbons (Fsp3) is 0.632. The number of esters is 2. The van der Waals surface area contributed by atoms with Crippen molar-refractivity contribution in [3.05, 3.63) is 109 Å². The van der Waals surface area contributed by atoms with E-state index in [1.807, 2.05) is 21.1 Å². The second kappa shape index (κ2) is 46.5. The summed E-state index contributed by atoms with van der Waals surface area (Å²) >= 11 is 0. The van der Waals surface area contributed by atoms with Gasteiger partial charge in [0.2, 0.25) is 0 Å². The molecule has 0 saturated carbocycles. The molecule has 1 N–H and O–H groups in total. The minimum atomic E-state index is -0.888. The van der Waals surface area contributed by atoms with Crippen LogP contribution in [0.5, 0.6) is 0 Å². The summed E-state index contributed by atoms with van der Waals surface area (Å²) in [5.74, 6) is -1.56. The van der Waals surface area contributed by atoms with Gasteiger partial charge in [0.05, 0.1) is 34.4 Å². The number of hydrogen-bond donors (Lipinski definition) is 1. The van der Waals surface area contributed by atoms with Gasteiger partial charge in [-0.15, -0.1) is 0 Å². The zero-order chi connectivity index (χ0) is 47.7. The number of unbranched alkanes of at least 4 members (excludes halogenated alkanes) is 12. The van der Waals surface area contributed by atoms with E-state index in [4.69, 9.17) is 14.2 Å². The molecule has 0 aliphatic heterocycles. The topological polar surface area (TPSA) is 99.1 Å². The van der Waals surface area contributed by atoms with Crippen LogP contribution in [0.1, 0.15) is 181 Å². The largest absolute Gasteiger partial charge is 0.477 e. The number of carbonyl (C=O) groups is 3. The number of carboxylic acids is 1. The first-order valence-electron chi connectivity index (χ1n) is 25.4. The molecule has 65 heavy (non-hydrogen) atoms. The Labute approximate surface area is 398 Å². The number of likely N-dealkylation sites (N-methyl/N-ethyl adjacent to an activating group) is 1. The summed E-state index contributed by atoms with van der Waals surface area (Å²) in [7, 11) is 5.50. The molecule has 0 heterocycles. The summed E-state index contributed by atoms with van der Waals surface area (Å²) < 4.78 is 17.3. The normalized spacial score (nSPS) is 13.8. The highest BCUT2D eigenvalue weighted by atomic mass is 16.6. The lowest BCUT2D eigenvalue weighted by molar-refractivity contribution is -0.887. The lowest BCUT2D eigenvalue weighted by Crippen LogP contribution is -2.50. The van der Waals surface area contributed by atoms with Crippen LogP contribution in [0.3, 0.4) is 0 Å². The molecule has 0 radical (unpaired) electrons. The maximum Gasteiger partial charge on any atom is 0.362 e. The predicted molar refractivity (Wildman–Crippen MR) is 275 cm³/mol. The van der Waals surface area contributed by atoms with Gasteiger partial charge in [-0.25, -0.2) is 4.79 Å². The summed E-state index contributed by atoms with van der Waals surface area (Å²) in [6, 6.07) is -0.632. The summed E-state index contributed by atoms with van der Waals surface area (Å²) in [4.78, 5) is 37.2. The van der Waals surface area contributed by atoms with E-state index in [9.17, 15) is 19.5 Å². The summed E-state index contributed by atoms with van der Waals surface area (Å²) in [5, 5.41) is 9.65. The van der Waals surface area contributed by atoms with E-state index in [0.717, 1.165) is 83.5 Å². The lowest BCUT2D eigenvalue weighted by atomic mass is 10.0. The Kier molecular flexibility index (Phi) is 43.6. The van der Waals surface area contributed by atoms with Crippen molar-refractivity contribution < 1.29 is 38.2 Å². The van der Waals surface area contributed by atoms with Gasteiger partial charge in [-0.1, -0.05) is 181 Å². The molecule has 8 nitrogen and oxygen atoms in total. The van der Waals surface area contributed by atoms with E-state index >= 15 is 0 Å². The molecule has 0 amide bonds. The van der Waals surface area contributed by atoms with Gasteiger partial charge in [0, 0.05) is 19.3 Å². The molecular formula is C57H94NO7+. The van der Waals surface area contributed by atoms with E-state index in [1.165, 1.54) is 57.8 Å². The molecule has 8 heteroatoms. The molecule has 0 aromatic heterocycles. The zero-order valence-corrected chi connectivity index (χ0v) is 41.9. The highest BCUT2D eigenvalue weighted by Crippen LogP contribution is 2.14. The number of quaternary nitrogens is 1. The van der Waals surface area contributed by atoms with Crippen molar-refractivity contribution in [1.29, 1.82) is 0 Å². The van der Waals surface area contributed by atoms with E-state index in [0.29, 0.717) is 19.3 Å². The summed E-state index contributed by atoms with van der Waals surface area (Å²) in [6.07, 6.45) is 64.3. The van der Waals surface area contributed by atoms with Crippen LogP contribution in [0.4, 0.5) is 0 Å². The van der Waals surface area contributed by atoms with E-state index < -0.39 is 18.1 Å². The van der Waals surface area contributed by atoms with Crippen LogP contribution in [0.2, 0.25) is 0 Å². The molecule has 0 spiro atoms. The third kappa shape index (κ3) is 45.0. The number of nitrogens with zero attached hydrogens (tertiary/aromatic N) is 1. The Balaban J connectivity index is 4.36. The number of hydrogen-bond acceptors (Lipinski definition) is 6. The van der Waals surface area contributed by atoms with Crippen molar-refractivity contribution >= 4 is 17.9 Å². The molecule has 0 aromatic carbocycles. The van der Waals surface area contributed by atoms with Gasteiger partial charge in [0.15, 0.2) is 12.1 Å².